The van der Waals surface area contributed by atoms with Gasteiger partial charge in [0, 0.05) is 18.7 Å². The number of hydrogen-bond acceptors (Lipinski definition) is 5. The van der Waals surface area contributed by atoms with E-state index >= 15 is 0 Å². The van der Waals surface area contributed by atoms with Gasteiger partial charge in [0.2, 0.25) is 0 Å². The number of aliphatic hydroxyl groups is 1. The molecule has 0 amide bonds. The number of nitrogens with one attached hydrogen (secondary N) is 1. The molecule has 0 aliphatic carbocycles. The van der Waals surface area contributed by atoms with E-state index in [2.05, 4.69) is 5.32 Å². The van der Waals surface area contributed by atoms with Crippen LogP contribution in [0.4, 0.5) is 5.69 Å². The van der Waals surface area contributed by atoms with Crippen molar-refractivity contribution in [2.45, 2.75) is 12.8 Å². The molecule has 0 fully saturated rings. The zero-order valence-corrected chi connectivity index (χ0v) is 10.9. The van der Waals surface area contributed by atoms with E-state index in [0.717, 1.165) is 31.5 Å². The van der Waals surface area contributed by atoms with Crippen molar-refractivity contribution in [3.8, 4) is 0 Å². The Hall–Kier alpha value is -1.50. The van der Waals surface area contributed by atoms with Crippen LogP contribution in [0.25, 0.3) is 0 Å². The Morgan fingerprint density at radius 1 is 1.21 bits per heavy atom. The van der Waals surface area contributed by atoms with Crippen LogP contribution >= 0.6 is 0 Å². The SMILES string of the molecule is O=[N+]([O-])c1ccc(CCNCCCOCCO)cc1. The molecule has 0 bridgehead atoms. The van der Waals surface area contributed by atoms with Gasteiger partial charge in [0.15, 0.2) is 0 Å². The highest BCUT2D eigenvalue weighted by Gasteiger charge is 2.03. The molecule has 0 saturated heterocycles. The van der Waals surface area contributed by atoms with E-state index in [4.69, 9.17) is 9.84 Å². The van der Waals surface area contributed by atoms with Gasteiger partial charge in [0.05, 0.1) is 18.1 Å². The Bertz CT molecular complexity index is 367. The van der Waals surface area contributed by atoms with E-state index in [1.54, 1.807) is 12.1 Å². The van der Waals surface area contributed by atoms with Crippen LogP contribution in [-0.4, -0.2) is 42.9 Å². The van der Waals surface area contributed by atoms with Crippen molar-refractivity contribution in [1.82, 2.24) is 5.32 Å². The van der Waals surface area contributed by atoms with Gasteiger partial charge >= 0.3 is 0 Å². The molecule has 1 aromatic rings. The molecule has 1 rings (SSSR count). The fourth-order valence-corrected chi connectivity index (χ4v) is 1.61. The first-order valence-corrected chi connectivity index (χ1v) is 6.36. The van der Waals surface area contributed by atoms with Crippen LogP contribution in [0.2, 0.25) is 0 Å². The number of ether oxygens (including phenoxy) is 1. The Balaban J connectivity index is 2.07. The van der Waals surface area contributed by atoms with Crippen LogP contribution in [0.1, 0.15) is 12.0 Å². The molecule has 2 N–H and O–H groups in total. The van der Waals surface area contributed by atoms with E-state index in [9.17, 15) is 10.1 Å². The molecule has 0 atom stereocenters. The summed E-state index contributed by atoms with van der Waals surface area (Å²) in [7, 11) is 0. The van der Waals surface area contributed by atoms with Crippen molar-refractivity contribution in [2.75, 3.05) is 32.9 Å². The quantitative estimate of drug-likeness (QED) is 0.377. The van der Waals surface area contributed by atoms with Gasteiger partial charge in [-0.3, -0.25) is 10.1 Å². The summed E-state index contributed by atoms with van der Waals surface area (Å²) in [5.74, 6) is 0. The maximum absolute atomic E-state index is 10.5. The van der Waals surface area contributed by atoms with Gasteiger partial charge in [-0.25, -0.2) is 0 Å². The molecular weight excluding hydrogens is 248 g/mol. The Kier molecular flexibility index (Phi) is 7.72. The second-order valence-corrected chi connectivity index (χ2v) is 4.11. The van der Waals surface area contributed by atoms with Crippen molar-refractivity contribution < 1.29 is 14.8 Å². The number of hydrogen-bond donors (Lipinski definition) is 2. The summed E-state index contributed by atoms with van der Waals surface area (Å²) >= 11 is 0. The highest BCUT2D eigenvalue weighted by atomic mass is 16.6. The zero-order chi connectivity index (χ0) is 13.9. The van der Waals surface area contributed by atoms with Crippen LogP contribution in [0.5, 0.6) is 0 Å². The number of nitro groups is 1. The third kappa shape index (κ3) is 6.85. The highest BCUT2D eigenvalue weighted by Crippen LogP contribution is 2.11. The summed E-state index contributed by atoms with van der Waals surface area (Å²) < 4.78 is 5.13. The Morgan fingerprint density at radius 2 is 1.95 bits per heavy atom. The Morgan fingerprint density at radius 3 is 2.58 bits per heavy atom. The lowest BCUT2D eigenvalue weighted by atomic mass is 10.1. The highest BCUT2D eigenvalue weighted by molar-refractivity contribution is 5.32. The van der Waals surface area contributed by atoms with E-state index in [0.29, 0.717) is 13.2 Å². The lowest BCUT2D eigenvalue weighted by Crippen LogP contribution is -2.20. The largest absolute Gasteiger partial charge is 0.394 e. The van der Waals surface area contributed by atoms with Crippen molar-refractivity contribution in [3.63, 3.8) is 0 Å². The second-order valence-electron chi connectivity index (χ2n) is 4.11. The van der Waals surface area contributed by atoms with E-state index in [1.165, 1.54) is 12.1 Å². The number of non-ortho nitro benzene ring substituents is 1. The van der Waals surface area contributed by atoms with Crippen LogP contribution in [0.3, 0.4) is 0 Å². The van der Waals surface area contributed by atoms with Crippen molar-refractivity contribution >= 4 is 5.69 Å². The summed E-state index contributed by atoms with van der Waals surface area (Å²) in [4.78, 5) is 10.1. The van der Waals surface area contributed by atoms with Gasteiger partial charge < -0.3 is 15.2 Å². The molecule has 0 radical (unpaired) electrons. The molecule has 0 spiro atoms. The molecular formula is C13H20N2O4. The van der Waals surface area contributed by atoms with Crippen molar-refractivity contribution in [3.05, 3.63) is 39.9 Å². The van der Waals surface area contributed by atoms with Crippen LogP contribution in [0.15, 0.2) is 24.3 Å². The van der Waals surface area contributed by atoms with Gasteiger partial charge in [-0.2, -0.15) is 0 Å². The number of nitro benzene ring substituents is 1. The van der Waals surface area contributed by atoms with Gasteiger partial charge in [-0.15, -0.1) is 0 Å². The molecule has 0 unspecified atom stereocenters. The summed E-state index contributed by atoms with van der Waals surface area (Å²) in [5, 5.41) is 22.3. The fourth-order valence-electron chi connectivity index (χ4n) is 1.61. The molecule has 0 aliphatic heterocycles. The van der Waals surface area contributed by atoms with E-state index in [1.807, 2.05) is 0 Å². The molecule has 0 saturated carbocycles. The summed E-state index contributed by atoms with van der Waals surface area (Å²) in [6.07, 6.45) is 1.75. The number of nitrogens with zero attached hydrogens (tertiary/aromatic N) is 1. The maximum Gasteiger partial charge on any atom is 0.269 e. The molecule has 6 heteroatoms. The normalized spacial score (nSPS) is 10.6. The van der Waals surface area contributed by atoms with Crippen LogP contribution in [-0.2, 0) is 11.2 Å². The standard InChI is InChI=1S/C13H20N2O4/c16-9-11-19-10-1-7-14-8-6-12-2-4-13(5-3-12)15(17)18/h2-5,14,16H,1,6-11H2. The molecule has 0 heterocycles. The monoisotopic (exact) mass is 268 g/mol. The third-order valence-corrected chi connectivity index (χ3v) is 2.62. The zero-order valence-electron chi connectivity index (χ0n) is 10.9. The molecule has 19 heavy (non-hydrogen) atoms. The second kappa shape index (κ2) is 9.43. The topological polar surface area (TPSA) is 84.6 Å². The molecule has 0 aromatic heterocycles. The number of benzene rings is 1. The van der Waals surface area contributed by atoms with Crippen molar-refractivity contribution in [2.24, 2.45) is 0 Å². The average Bonchev–Trinajstić information content (AvgIpc) is 2.42. The smallest absolute Gasteiger partial charge is 0.269 e. The number of aliphatic hydroxyl groups excluding tert-OH is 1. The van der Waals surface area contributed by atoms with Gasteiger partial charge in [0.1, 0.15) is 0 Å². The van der Waals surface area contributed by atoms with Crippen LogP contribution in [0, 0.1) is 10.1 Å². The molecule has 0 aliphatic rings. The minimum atomic E-state index is -0.394. The van der Waals surface area contributed by atoms with Gasteiger partial charge in [0.25, 0.3) is 5.69 Å². The summed E-state index contributed by atoms with van der Waals surface area (Å²) in [5.41, 5.74) is 1.20. The lowest BCUT2D eigenvalue weighted by Gasteiger charge is -2.05. The predicted molar refractivity (Wildman–Crippen MR) is 72.2 cm³/mol. The minimum Gasteiger partial charge on any atom is -0.394 e. The third-order valence-electron chi connectivity index (χ3n) is 2.62. The van der Waals surface area contributed by atoms with Crippen molar-refractivity contribution in [1.29, 1.82) is 0 Å². The van der Waals surface area contributed by atoms with E-state index in [-0.39, 0.29) is 12.3 Å². The average molecular weight is 268 g/mol. The van der Waals surface area contributed by atoms with Gasteiger partial charge in [-0.1, -0.05) is 12.1 Å². The summed E-state index contributed by atoms with van der Waals surface area (Å²) in [6, 6.07) is 6.62. The molecule has 1 aromatic carbocycles. The minimum absolute atomic E-state index is 0.0631. The number of rotatable bonds is 10. The van der Waals surface area contributed by atoms with Gasteiger partial charge in [-0.05, 0) is 31.5 Å². The molecule has 6 nitrogen and oxygen atoms in total. The fraction of sp³-hybridized carbons (Fsp3) is 0.538. The van der Waals surface area contributed by atoms with Crippen LogP contribution < -0.4 is 5.32 Å². The van der Waals surface area contributed by atoms with E-state index < -0.39 is 4.92 Å². The Labute approximate surface area is 112 Å². The maximum atomic E-state index is 10.5. The lowest BCUT2D eigenvalue weighted by molar-refractivity contribution is -0.384. The first-order chi connectivity index (χ1) is 9.24. The predicted octanol–water partition coefficient (Wildman–Crippen LogP) is 1.13. The first kappa shape index (κ1) is 15.6. The first-order valence-electron chi connectivity index (χ1n) is 6.36. The summed E-state index contributed by atoms with van der Waals surface area (Å²) in [6.45, 7) is 2.79. The molecule has 106 valence electrons.